The second-order valence-corrected chi connectivity index (χ2v) is 6.18. The molecule has 27 heavy (non-hydrogen) atoms. The van der Waals surface area contributed by atoms with Gasteiger partial charge in [-0.05, 0) is 69.7 Å². The zero-order valence-corrected chi connectivity index (χ0v) is 16.8. The summed E-state index contributed by atoms with van der Waals surface area (Å²) in [5, 5.41) is 4.07. The van der Waals surface area contributed by atoms with E-state index in [1.54, 1.807) is 6.21 Å². The maximum absolute atomic E-state index is 12.2. The molecule has 0 heterocycles. The molecule has 0 saturated carbocycles. The first kappa shape index (κ1) is 20.5. The third kappa shape index (κ3) is 5.58. The number of nitrogens with zero attached hydrogens (tertiary/aromatic N) is 3. The summed E-state index contributed by atoms with van der Waals surface area (Å²) in [6.45, 7) is 12.4. The van der Waals surface area contributed by atoms with Gasteiger partial charge in [0, 0.05) is 43.1 Å². The Bertz CT molecular complexity index is 730. The van der Waals surface area contributed by atoms with Crippen LogP contribution in [-0.2, 0) is 0 Å². The molecule has 0 fully saturated rings. The Balaban J connectivity index is 1.94. The summed E-state index contributed by atoms with van der Waals surface area (Å²) in [6, 6.07) is 15.7. The molecule has 1 N–H and O–H groups in total. The van der Waals surface area contributed by atoms with Gasteiger partial charge in [-0.2, -0.15) is 5.10 Å². The molecule has 0 bridgehead atoms. The van der Waals surface area contributed by atoms with Gasteiger partial charge < -0.3 is 9.80 Å². The molecule has 144 valence electrons. The molecule has 0 aromatic heterocycles. The lowest BCUT2D eigenvalue weighted by molar-refractivity contribution is 0.0955. The SMILES string of the molecule is CCN(CC)c1ccc(/C=N/NC(=O)c2ccc(N(CC)CC)cc2)cc1. The summed E-state index contributed by atoms with van der Waals surface area (Å²) < 4.78 is 0. The highest BCUT2D eigenvalue weighted by Crippen LogP contribution is 2.15. The van der Waals surface area contributed by atoms with Gasteiger partial charge in [0.25, 0.3) is 5.91 Å². The molecule has 0 atom stereocenters. The topological polar surface area (TPSA) is 47.9 Å². The van der Waals surface area contributed by atoms with Crippen molar-refractivity contribution in [2.45, 2.75) is 27.7 Å². The number of carbonyl (C=O) groups is 1. The lowest BCUT2D eigenvalue weighted by Gasteiger charge is -2.21. The number of benzene rings is 2. The Kier molecular flexibility index (Phi) is 7.86. The first-order valence-electron chi connectivity index (χ1n) is 9.66. The van der Waals surface area contributed by atoms with Crippen LogP contribution in [-0.4, -0.2) is 38.3 Å². The molecule has 0 aliphatic carbocycles. The molecule has 5 heteroatoms. The van der Waals surface area contributed by atoms with E-state index >= 15 is 0 Å². The molecule has 0 saturated heterocycles. The fourth-order valence-electron chi connectivity index (χ4n) is 3.00. The van der Waals surface area contributed by atoms with Gasteiger partial charge in [0.1, 0.15) is 0 Å². The van der Waals surface area contributed by atoms with Crippen molar-refractivity contribution in [2.75, 3.05) is 36.0 Å². The van der Waals surface area contributed by atoms with Gasteiger partial charge in [-0.25, -0.2) is 5.43 Å². The maximum atomic E-state index is 12.2. The average molecular weight is 367 g/mol. The number of anilines is 2. The molecule has 0 spiro atoms. The third-order valence-electron chi connectivity index (χ3n) is 4.66. The Labute approximate surface area is 162 Å². The zero-order valence-electron chi connectivity index (χ0n) is 16.8. The van der Waals surface area contributed by atoms with Gasteiger partial charge in [-0.3, -0.25) is 4.79 Å². The predicted molar refractivity (Wildman–Crippen MR) is 115 cm³/mol. The van der Waals surface area contributed by atoms with Crippen molar-refractivity contribution in [3.8, 4) is 0 Å². The molecule has 2 aromatic carbocycles. The van der Waals surface area contributed by atoms with Crippen LogP contribution in [0.5, 0.6) is 0 Å². The fourth-order valence-corrected chi connectivity index (χ4v) is 3.00. The summed E-state index contributed by atoms with van der Waals surface area (Å²) in [5.41, 5.74) is 6.44. The standard InChI is InChI=1S/C22H30N4O/c1-5-25(6-2)20-13-9-18(10-14-20)17-23-24-22(27)19-11-15-21(16-12-19)26(7-3)8-4/h9-17H,5-8H2,1-4H3,(H,24,27)/b23-17+. The molecule has 5 nitrogen and oxygen atoms in total. The molecule has 0 unspecified atom stereocenters. The summed E-state index contributed by atoms with van der Waals surface area (Å²) in [5.74, 6) is -0.211. The van der Waals surface area contributed by atoms with Crippen molar-refractivity contribution < 1.29 is 4.79 Å². The van der Waals surface area contributed by atoms with Crippen molar-refractivity contribution in [1.82, 2.24) is 5.43 Å². The Hall–Kier alpha value is -2.82. The molecule has 0 aliphatic rings. The zero-order chi connectivity index (χ0) is 19.6. The summed E-state index contributed by atoms with van der Waals surface area (Å²) in [7, 11) is 0. The minimum atomic E-state index is -0.211. The first-order chi connectivity index (χ1) is 13.1. The minimum Gasteiger partial charge on any atom is -0.372 e. The Morgan fingerprint density at radius 1 is 0.815 bits per heavy atom. The molecular weight excluding hydrogens is 336 g/mol. The van der Waals surface area contributed by atoms with Crippen molar-refractivity contribution in [3.05, 3.63) is 59.7 Å². The van der Waals surface area contributed by atoms with E-state index in [2.05, 4.69) is 60.2 Å². The van der Waals surface area contributed by atoms with E-state index < -0.39 is 0 Å². The summed E-state index contributed by atoms with van der Waals surface area (Å²) in [6.07, 6.45) is 1.66. The number of hydrogen-bond acceptors (Lipinski definition) is 4. The highest BCUT2D eigenvalue weighted by molar-refractivity contribution is 5.95. The summed E-state index contributed by atoms with van der Waals surface area (Å²) in [4.78, 5) is 16.8. The van der Waals surface area contributed by atoms with Crippen LogP contribution in [0.2, 0.25) is 0 Å². The number of hydrazone groups is 1. The van der Waals surface area contributed by atoms with Crippen LogP contribution in [0.3, 0.4) is 0 Å². The quantitative estimate of drug-likeness (QED) is 0.536. The van der Waals surface area contributed by atoms with Crippen LogP contribution in [0.1, 0.15) is 43.6 Å². The van der Waals surface area contributed by atoms with Crippen molar-refractivity contribution in [1.29, 1.82) is 0 Å². The number of rotatable bonds is 9. The van der Waals surface area contributed by atoms with E-state index in [4.69, 9.17) is 0 Å². The molecule has 2 rings (SSSR count). The van der Waals surface area contributed by atoms with E-state index in [9.17, 15) is 4.79 Å². The second kappa shape index (κ2) is 10.4. The Morgan fingerprint density at radius 3 is 1.70 bits per heavy atom. The fraction of sp³-hybridized carbons (Fsp3) is 0.364. The number of carbonyl (C=O) groups excluding carboxylic acids is 1. The van der Waals surface area contributed by atoms with E-state index in [0.717, 1.165) is 37.4 Å². The maximum Gasteiger partial charge on any atom is 0.271 e. The molecule has 1 amide bonds. The van der Waals surface area contributed by atoms with E-state index in [1.165, 1.54) is 5.69 Å². The van der Waals surface area contributed by atoms with Crippen LogP contribution >= 0.6 is 0 Å². The van der Waals surface area contributed by atoms with Crippen LogP contribution in [0.25, 0.3) is 0 Å². The van der Waals surface area contributed by atoms with Gasteiger partial charge in [0.05, 0.1) is 6.21 Å². The van der Waals surface area contributed by atoms with Crippen molar-refractivity contribution in [3.63, 3.8) is 0 Å². The predicted octanol–water partition coefficient (Wildman–Crippen LogP) is 4.14. The van der Waals surface area contributed by atoms with Crippen LogP contribution in [0.15, 0.2) is 53.6 Å². The van der Waals surface area contributed by atoms with Gasteiger partial charge >= 0.3 is 0 Å². The smallest absolute Gasteiger partial charge is 0.271 e. The largest absolute Gasteiger partial charge is 0.372 e. The lowest BCUT2D eigenvalue weighted by atomic mass is 10.2. The van der Waals surface area contributed by atoms with E-state index in [-0.39, 0.29) is 5.91 Å². The van der Waals surface area contributed by atoms with Crippen LogP contribution in [0.4, 0.5) is 11.4 Å². The number of amides is 1. The minimum absolute atomic E-state index is 0.211. The van der Waals surface area contributed by atoms with Crippen LogP contribution in [0, 0.1) is 0 Å². The monoisotopic (exact) mass is 366 g/mol. The van der Waals surface area contributed by atoms with E-state index in [0.29, 0.717) is 5.56 Å². The van der Waals surface area contributed by atoms with Gasteiger partial charge in [0.2, 0.25) is 0 Å². The lowest BCUT2D eigenvalue weighted by Crippen LogP contribution is -2.22. The van der Waals surface area contributed by atoms with Gasteiger partial charge in [-0.15, -0.1) is 0 Å². The number of nitrogens with one attached hydrogen (secondary N) is 1. The van der Waals surface area contributed by atoms with E-state index in [1.807, 2.05) is 36.4 Å². The molecule has 2 aromatic rings. The Morgan fingerprint density at radius 2 is 1.26 bits per heavy atom. The van der Waals surface area contributed by atoms with Crippen molar-refractivity contribution in [2.24, 2.45) is 5.10 Å². The highest BCUT2D eigenvalue weighted by atomic mass is 16.2. The average Bonchev–Trinajstić information content (AvgIpc) is 2.71. The van der Waals surface area contributed by atoms with Crippen molar-refractivity contribution >= 4 is 23.5 Å². The molecule has 0 aliphatic heterocycles. The first-order valence-corrected chi connectivity index (χ1v) is 9.66. The van der Waals surface area contributed by atoms with Gasteiger partial charge in [-0.1, -0.05) is 12.1 Å². The highest BCUT2D eigenvalue weighted by Gasteiger charge is 2.06. The molecule has 0 radical (unpaired) electrons. The molecular formula is C22H30N4O. The van der Waals surface area contributed by atoms with Gasteiger partial charge in [0.15, 0.2) is 0 Å². The third-order valence-corrected chi connectivity index (χ3v) is 4.66. The van der Waals surface area contributed by atoms with Crippen LogP contribution < -0.4 is 15.2 Å². The normalized spacial score (nSPS) is 10.8. The second-order valence-electron chi connectivity index (χ2n) is 6.18. The number of hydrogen-bond donors (Lipinski definition) is 1. The summed E-state index contributed by atoms with van der Waals surface area (Å²) >= 11 is 0.